The normalized spacial score (nSPS) is 18.4. The van der Waals surface area contributed by atoms with Crippen molar-refractivity contribution < 1.29 is 17.9 Å². The van der Waals surface area contributed by atoms with Gasteiger partial charge in [-0.05, 0) is 26.1 Å². The van der Waals surface area contributed by atoms with E-state index in [9.17, 15) is 8.42 Å². The highest BCUT2D eigenvalue weighted by Gasteiger charge is 2.32. The van der Waals surface area contributed by atoms with Crippen LogP contribution in [0.4, 0.5) is 11.6 Å². The second-order valence-electron chi connectivity index (χ2n) is 8.33. The zero-order valence-electron chi connectivity index (χ0n) is 19.7. The molecule has 0 aliphatic carbocycles. The van der Waals surface area contributed by atoms with Crippen LogP contribution < -0.4 is 19.3 Å². The first-order valence-corrected chi connectivity index (χ1v) is 12.5. The molecule has 3 heterocycles. The smallest absolute Gasteiger partial charge is 0.246 e. The molecule has 0 amide bonds. The van der Waals surface area contributed by atoms with Crippen molar-refractivity contribution >= 4 is 21.7 Å². The maximum absolute atomic E-state index is 13.3. The summed E-state index contributed by atoms with van der Waals surface area (Å²) in [6.45, 7) is 7.61. The largest absolute Gasteiger partial charge is 0.497 e. The minimum Gasteiger partial charge on any atom is -0.497 e. The SMILES string of the molecule is COc1ccc(S(=O)(=O)N2CCN(c3cc(N4CCN(C)CC4)nc(C)n3)CC2)c(OC)c1. The van der Waals surface area contributed by atoms with Gasteiger partial charge in [-0.1, -0.05) is 0 Å². The molecule has 33 heavy (non-hydrogen) atoms. The Morgan fingerprint density at radius 1 is 0.818 bits per heavy atom. The van der Waals surface area contributed by atoms with E-state index < -0.39 is 10.0 Å². The van der Waals surface area contributed by atoms with Gasteiger partial charge in [-0.2, -0.15) is 4.31 Å². The Bertz CT molecular complexity index is 1080. The number of benzene rings is 1. The standard InChI is InChI=1S/C22H32N6O4S/c1-17-23-21(26-9-7-25(2)8-10-26)16-22(24-17)27-11-13-28(14-12-27)33(29,30)20-6-5-18(31-3)15-19(20)32-4/h5-6,15-16H,7-14H2,1-4H3. The Morgan fingerprint density at radius 2 is 1.39 bits per heavy atom. The molecule has 10 nitrogen and oxygen atoms in total. The highest BCUT2D eigenvalue weighted by Crippen LogP contribution is 2.31. The number of piperazine rings is 2. The molecule has 0 saturated carbocycles. The highest BCUT2D eigenvalue weighted by molar-refractivity contribution is 7.89. The van der Waals surface area contributed by atoms with E-state index >= 15 is 0 Å². The summed E-state index contributed by atoms with van der Waals surface area (Å²) in [5.41, 5.74) is 0. The average Bonchev–Trinajstić information content (AvgIpc) is 2.83. The van der Waals surface area contributed by atoms with Gasteiger partial charge >= 0.3 is 0 Å². The topological polar surface area (TPSA) is 91.3 Å². The molecule has 4 rings (SSSR count). The Morgan fingerprint density at radius 3 is 1.94 bits per heavy atom. The fourth-order valence-corrected chi connectivity index (χ4v) is 5.74. The lowest BCUT2D eigenvalue weighted by molar-refractivity contribution is 0.312. The second kappa shape index (κ2) is 9.70. The molecule has 0 unspecified atom stereocenters. The van der Waals surface area contributed by atoms with Crippen LogP contribution in [0.25, 0.3) is 0 Å². The molecule has 1 aromatic heterocycles. The van der Waals surface area contributed by atoms with E-state index in [1.807, 2.05) is 13.0 Å². The van der Waals surface area contributed by atoms with Crippen LogP contribution in [-0.4, -0.2) is 101 Å². The van der Waals surface area contributed by atoms with Crippen molar-refractivity contribution in [2.24, 2.45) is 0 Å². The molecule has 0 bridgehead atoms. The number of ether oxygens (including phenoxy) is 2. The maximum Gasteiger partial charge on any atom is 0.246 e. The van der Waals surface area contributed by atoms with Crippen molar-refractivity contribution in [2.45, 2.75) is 11.8 Å². The average molecular weight is 477 g/mol. The van der Waals surface area contributed by atoms with Gasteiger partial charge in [-0.3, -0.25) is 0 Å². The van der Waals surface area contributed by atoms with Crippen LogP contribution in [0.5, 0.6) is 11.5 Å². The molecule has 0 radical (unpaired) electrons. The molecule has 11 heteroatoms. The van der Waals surface area contributed by atoms with Crippen LogP contribution in [0.2, 0.25) is 0 Å². The summed E-state index contributed by atoms with van der Waals surface area (Å²) in [5, 5.41) is 0. The third kappa shape index (κ3) is 4.99. The number of hydrogen-bond donors (Lipinski definition) is 0. The summed E-state index contributed by atoms with van der Waals surface area (Å²) >= 11 is 0. The fraction of sp³-hybridized carbons (Fsp3) is 0.545. The van der Waals surface area contributed by atoms with E-state index in [0.717, 1.165) is 43.6 Å². The summed E-state index contributed by atoms with van der Waals surface area (Å²) in [7, 11) is 1.43. The number of aryl methyl sites for hydroxylation is 1. The molecule has 2 aliphatic heterocycles. The van der Waals surface area contributed by atoms with Crippen LogP contribution in [0, 0.1) is 6.92 Å². The summed E-state index contributed by atoms with van der Waals surface area (Å²) in [6.07, 6.45) is 0. The van der Waals surface area contributed by atoms with Crippen LogP contribution in [0.3, 0.4) is 0 Å². The molecule has 2 aliphatic rings. The van der Waals surface area contributed by atoms with Gasteiger partial charge in [0.15, 0.2) is 0 Å². The molecule has 1 aromatic carbocycles. The zero-order chi connectivity index (χ0) is 23.6. The zero-order valence-corrected chi connectivity index (χ0v) is 20.5. The Labute approximate surface area is 195 Å². The molecule has 2 aromatic rings. The van der Waals surface area contributed by atoms with Crippen molar-refractivity contribution in [2.75, 3.05) is 83.4 Å². The molecule has 0 atom stereocenters. The number of anilines is 2. The third-order valence-corrected chi connectivity index (χ3v) is 8.13. The van der Waals surface area contributed by atoms with Crippen molar-refractivity contribution in [3.05, 3.63) is 30.1 Å². The van der Waals surface area contributed by atoms with Gasteiger partial charge in [-0.25, -0.2) is 18.4 Å². The summed E-state index contributed by atoms with van der Waals surface area (Å²) in [5.74, 6) is 3.32. The summed E-state index contributed by atoms with van der Waals surface area (Å²) in [6, 6.07) is 6.78. The van der Waals surface area contributed by atoms with Gasteiger partial charge in [0.25, 0.3) is 0 Å². The number of rotatable bonds is 6. The number of methoxy groups -OCH3 is 2. The summed E-state index contributed by atoms with van der Waals surface area (Å²) in [4.78, 5) is 16.2. The first-order valence-electron chi connectivity index (χ1n) is 11.1. The van der Waals surface area contributed by atoms with E-state index in [0.29, 0.717) is 31.9 Å². The van der Waals surface area contributed by atoms with Crippen LogP contribution in [0.1, 0.15) is 5.82 Å². The lowest BCUT2D eigenvalue weighted by Gasteiger charge is -2.36. The van der Waals surface area contributed by atoms with Gasteiger partial charge < -0.3 is 24.2 Å². The Balaban J connectivity index is 1.48. The monoisotopic (exact) mass is 476 g/mol. The van der Waals surface area contributed by atoms with Gasteiger partial charge in [0.05, 0.1) is 14.2 Å². The fourth-order valence-electron chi connectivity index (χ4n) is 4.18. The van der Waals surface area contributed by atoms with Gasteiger partial charge in [-0.15, -0.1) is 0 Å². The molecule has 2 fully saturated rings. The van der Waals surface area contributed by atoms with Crippen molar-refractivity contribution in [1.29, 1.82) is 0 Å². The lowest BCUT2D eigenvalue weighted by atomic mass is 10.3. The molecule has 180 valence electrons. The van der Waals surface area contributed by atoms with Gasteiger partial charge in [0.1, 0.15) is 33.9 Å². The molecular formula is C22H32N6O4S. The van der Waals surface area contributed by atoms with Crippen LogP contribution >= 0.6 is 0 Å². The van der Waals surface area contributed by atoms with E-state index in [4.69, 9.17) is 9.47 Å². The number of aromatic nitrogens is 2. The summed E-state index contributed by atoms with van der Waals surface area (Å²) < 4.78 is 38.6. The first-order chi connectivity index (χ1) is 15.8. The minimum absolute atomic E-state index is 0.148. The second-order valence-corrected chi connectivity index (χ2v) is 10.2. The van der Waals surface area contributed by atoms with Crippen molar-refractivity contribution in [3.8, 4) is 11.5 Å². The Kier molecular flexibility index (Phi) is 6.91. The van der Waals surface area contributed by atoms with E-state index in [1.54, 1.807) is 12.1 Å². The van der Waals surface area contributed by atoms with Crippen molar-refractivity contribution in [3.63, 3.8) is 0 Å². The van der Waals surface area contributed by atoms with Gasteiger partial charge in [0.2, 0.25) is 10.0 Å². The van der Waals surface area contributed by atoms with Gasteiger partial charge in [0, 0.05) is 64.5 Å². The number of likely N-dealkylation sites (N-methyl/N-ethyl adjacent to an activating group) is 1. The third-order valence-electron chi connectivity index (χ3n) is 6.19. The highest BCUT2D eigenvalue weighted by atomic mass is 32.2. The van der Waals surface area contributed by atoms with Crippen LogP contribution in [-0.2, 0) is 10.0 Å². The van der Waals surface area contributed by atoms with Crippen LogP contribution in [0.15, 0.2) is 29.2 Å². The predicted molar refractivity (Wildman–Crippen MR) is 127 cm³/mol. The number of hydrogen-bond acceptors (Lipinski definition) is 9. The first kappa shape index (κ1) is 23.5. The lowest BCUT2D eigenvalue weighted by Crippen LogP contribution is -2.49. The molecular weight excluding hydrogens is 444 g/mol. The van der Waals surface area contributed by atoms with E-state index in [1.165, 1.54) is 24.6 Å². The van der Waals surface area contributed by atoms with E-state index in [2.05, 4.69) is 31.7 Å². The molecule has 0 N–H and O–H groups in total. The number of sulfonamides is 1. The van der Waals surface area contributed by atoms with E-state index in [-0.39, 0.29) is 10.6 Å². The Hall–Kier alpha value is -2.63. The number of nitrogens with zero attached hydrogens (tertiary/aromatic N) is 6. The predicted octanol–water partition coefficient (Wildman–Crippen LogP) is 1.06. The van der Waals surface area contributed by atoms with Crippen molar-refractivity contribution in [1.82, 2.24) is 19.2 Å². The quantitative estimate of drug-likeness (QED) is 0.607. The maximum atomic E-state index is 13.3. The minimum atomic E-state index is -3.69. The molecule has 0 spiro atoms. The molecule has 2 saturated heterocycles.